The van der Waals surface area contributed by atoms with Gasteiger partial charge in [-0.1, -0.05) is 176 Å². The lowest BCUT2D eigenvalue weighted by Crippen LogP contribution is -2.14. The zero-order valence-corrected chi connectivity index (χ0v) is 34.2. The quantitative estimate of drug-likeness (QED) is 0.156. The maximum Gasteiger partial charge on any atom is 0.143 e. The van der Waals surface area contributed by atoms with Crippen LogP contribution in [0, 0.1) is 0 Å². The number of rotatable bonds is 6. The highest BCUT2D eigenvalue weighted by Gasteiger charge is 2.24. The van der Waals surface area contributed by atoms with Gasteiger partial charge in [0.1, 0.15) is 11.2 Å². The van der Waals surface area contributed by atoms with Gasteiger partial charge in [-0.3, -0.25) is 0 Å². The van der Waals surface area contributed by atoms with E-state index < -0.39 is 0 Å². The third-order valence-corrected chi connectivity index (χ3v) is 13.0. The van der Waals surface area contributed by atoms with Gasteiger partial charge < -0.3 is 13.9 Å². The van der Waals surface area contributed by atoms with Gasteiger partial charge in [0, 0.05) is 38.4 Å². The van der Waals surface area contributed by atoms with E-state index in [0.29, 0.717) is 0 Å². The Hall–Kier alpha value is -8.40. The molecule has 0 aliphatic carbocycles. The van der Waals surface area contributed by atoms with E-state index >= 15 is 0 Å². The van der Waals surface area contributed by atoms with Gasteiger partial charge in [0.05, 0.1) is 28.1 Å². The van der Waals surface area contributed by atoms with Crippen LogP contribution in [0.15, 0.2) is 235 Å². The molecule has 3 heteroatoms. The van der Waals surface area contributed by atoms with Crippen molar-refractivity contribution in [2.24, 2.45) is 0 Å². The molecule has 0 fully saturated rings. The Balaban J connectivity index is 1.05. The number of nitrogens with zero attached hydrogens (tertiary/aromatic N) is 2. The lowest BCUT2D eigenvalue weighted by atomic mass is 9.94. The van der Waals surface area contributed by atoms with E-state index in [1.165, 1.54) is 54.2 Å². The summed E-state index contributed by atoms with van der Waals surface area (Å²) < 4.78 is 9.30. The standard InChI is InChI=1S/C60H38N2O/c1-2-17-42-38-59-53(37-41(42)16-1)52-25-14-24-51(60(52)63-59)50-21-7-8-26-54(50)61(57-29-11-12-30-58(57)62-55-27-9-5-19-48(55)49-20-6-10-28-56(49)62)43-34-31-40(32-35-43)45-22-13-23-46-44-18-4-3-15-39(44)33-36-47(45)46/h1-38H. The second-order valence-corrected chi connectivity index (χ2v) is 16.4. The number of para-hydroxylation sites is 6. The van der Waals surface area contributed by atoms with Crippen molar-refractivity contribution in [3.8, 4) is 27.9 Å². The van der Waals surface area contributed by atoms with Crippen LogP contribution >= 0.6 is 0 Å². The Kier molecular flexibility index (Phi) is 7.91. The van der Waals surface area contributed by atoms with Gasteiger partial charge in [-0.2, -0.15) is 0 Å². The van der Waals surface area contributed by atoms with Crippen molar-refractivity contribution in [3.63, 3.8) is 0 Å². The predicted molar refractivity (Wildman–Crippen MR) is 266 cm³/mol. The molecule has 63 heavy (non-hydrogen) atoms. The lowest BCUT2D eigenvalue weighted by Gasteiger charge is -2.30. The summed E-state index contributed by atoms with van der Waals surface area (Å²) in [5.41, 5.74) is 12.8. The summed E-state index contributed by atoms with van der Waals surface area (Å²) in [6.45, 7) is 0. The fourth-order valence-electron chi connectivity index (χ4n) is 10.1. The summed E-state index contributed by atoms with van der Waals surface area (Å²) in [6, 6.07) is 83.5. The van der Waals surface area contributed by atoms with Crippen LogP contribution in [0.2, 0.25) is 0 Å². The fourth-order valence-corrected chi connectivity index (χ4v) is 10.1. The SMILES string of the molecule is c1ccc(N(c2ccc(-c3cccc4c3ccc3ccccc34)cc2)c2ccccc2-n2c3ccccc3c3ccccc32)c(-c2cccc3c2oc2cc4ccccc4cc23)c1. The number of benzene rings is 11. The molecular weight excluding hydrogens is 765 g/mol. The minimum absolute atomic E-state index is 0.879. The minimum Gasteiger partial charge on any atom is -0.455 e. The molecule has 3 nitrogen and oxygen atoms in total. The molecule has 2 aromatic heterocycles. The minimum atomic E-state index is 0.879. The van der Waals surface area contributed by atoms with Crippen molar-refractivity contribution >= 4 is 93.1 Å². The molecule has 11 aromatic carbocycles. The van der Waals surface area contributed by atoms with E-state index in [4.69, 9.17) is 4.42 Å². The molecular formula is C60H38N2O. The first-order valence-corrected chi connectivity index (χ1v) is 21.6. The van der Waals surface area contributed by atoms with Crippen molar-refractivity contribution in [1.29, 1.82) is 0 Å². The second kappa shape index (κ2) is 14.1. The molecule has 294 valence electrons. The number of aromatic nitrogens is 1. The zero-order chi connectivity index (χ0) is 41.4. The number of hydrogen-bond acceptors (Lipinski definition) is 2. The van der Waals surface area contributed by atoms with Crippen LogP contribution in [0.1, 0.15) is 0 Å². The van der Waals surface area contributed by atoms with Gasteiger partial charge in [-0.25, -0.2) is 0 Å². The number of fused-ring (bicyclic) bond motifs is 10. The largest absolute Gasteiger partial charge is 0.455 e. The highest BCUT2D eigenvalue weighted by atomic mass is 16.3. The van der Waals surface area contributed by atoms with Gasteiger partial charge in [-0.15, -0.1) is 0 Å². The van der Waals surface area contributed by atoms with Gasteiger partial charge in [0.15, 0.2) is 0 Å². The van der Waals surface area contributed by atoms with E-state index in [2.05, 4.69) is 240 Å². The average Bonchev–Trinajstić information content (AvgIpc) is 3.89. The molecule has 0 radical (unpaired) electrons. The average molecular weight is 803 g/mol. The van der Waals surface area contributed by atoms with Crippen molar-refractivity contribution < 1.29 is 4.42 Å². The molecule has 13 aromatic rings. The molecule has 0 unspecified atom stereocenters. The molecule has 0 bridgehead atoms. The van der Waals surface area contributed by atoms with Gasteiger partial charge in [0.25, 0.3) is 0 Å². The summed E-state index contributed by atoms with van der Waals surface area (Å²) in [4.78, 5) is 2.43. The maximum atomic E-state index is 6.88. The molecule has 0 amide bonds. The van der Waals surface area contributed by atoms with E-state index in [9.17, 15) is 0 Å². The predicted octanol–water partition coefficient (Wildman–Crippen LogP) is 16.9. The molecule has 0 atom stereocenters. The van der Waals surface area contributed by atoms with Gasteiger partial charge >= 0.3 is 0 Å². The second-order valence-electron chi connectivity index (χ2n) is 16.4. The van der Waals surface area contributed by atoms with Gasteiger partial charge in [0.2, 0.25) is 0 Å². The molecule has 0 spiro atoms. The summed E-state index contributed by atoms with van der Waals surface area (Å²) in [5, 5.41) is 12.1. The number of anilines is 3. The van der Waals surface area contributed by atoms with Crippen LogP contribution < -0.4 is 4.90 Å². The Bertz CT molecular complexity index is 3870. The van der Waals surface area contributed by atoms with Crippen LogP contribution in [0.25, 0.3) is 104 Å². The smallest absolute Gasteiger partial charge is 0.143 e. The van der Waals surface area contributed by atoms with Crippen LogP contribution in [0.5, 0.6) is 0 Å². The topological polar surface area (TPSA) is 21.3 Å². The molecule has 0 N–H and O–H groups in total. The normalized spacial score (nSPS) is 11.8. The summed E-state index contributed by atoms with van der Waals surface area (Å²) in [5.74, 6) is 0. The van der Waals surface area contributed by atoms with E-state index in [1.54, 1.807) is 0 Å². The Morgan fingerprint density at radius 2 is 0.905 bits per heavy atom. The van der Waals surface area contributed by atoms with Crippen molar-refractivity contribution in [1.82, 2.24) is 4.57 Å². The summed E-state index contributed by atoms with van der Waals surface area (Å²) in [6.07, 6.45) is 0. The molecule has 0 aliphatic heterocycles. The molecule has 0 saturated heterocycles. The molecule has 0 saturated carbocycles. The van der Waals surface area contributed by atoms with Crippen molar-refractivity contribution in [2.75, 3.05) is 4.90 Å². The van der Waals surface area contributed by atoms with Crippen LogP contribution in [-0.2, 0) is 0 Å². The first-order valence-electron chi connectivity index (χ1n) is 21.6. The number of hydrogen-bond donors (Lipinski definition) is 0. The fraction of sp³-hybridized carbons (Fsp3) is 0. The Labute approximate surface area is 363 Å². The van der Waals surface area contributed by atoms with Gasteiger partial charge in [-0.05, 0) is 98.0 Å². The zero-order valence-electron chi connectivity index (χ0n) is 34.2. The Morgan fingerprint density at radius 1 is 0.333 bits per heavy atom. The summed E-state index contributed by atoms with van der Waals surface area (Å²) in [7, 11) is 0. The van der Waals surface area contributed by atoms with Crippen molar-refractivity contribution in [2.45, 2.75) is 0 Å². The number of furan rings is 1. The first kappa shape index (κ1) is 35.4. The highest BCUT2D eigenvalue weighted by Crippen LogP contribution is 2.47. The highest BCUT2D eigenvalue weighted by molar-refractivity contribution is 6.15. The lowest BCUT2D eigenvalue weighted by molar-refractivity contribution is 0.670. The van der Waals surface area contributed by atoms with Crippen LogP contribution in [-0.4, -0.2) is 4.57 Å². The van der Waals surface area contributed by atoms with Crippen LogP contribution in [0.3, 0.4) is 0 Å². The maximum absolute atomic E-state index is 6.88. The Morgan fingerprint density at radius 3 is 1.68 bits per heavy atom. The summed E-state index contributed by atoms with van der Waals surface area (Å²) >= 11 is 0. The third-order valence-electron chi connectivity index (χ3n) is 13.0. The van der Waals surface area contributed by atoms with Crippen molar-refractivity contribution in [3.05, 3.63) is 231 Å². The molecule has 0 aliphatic rings. The monoisotopic (exact) mass is 802 g/mol. The first-order chi connectivity index (χ1) is 31.3. The van der Waals surface area contributed by atoms with E-state index in [0.717, 1.165) is 66.8 Å². The third kappa shape index (κ3) is 5.53. The van der Waals surface area contributed by atoms with E-state index in [-0.39, 0.29) is 0 Å². The van der Waals surface area contributed by atoms with Crippen LogP contribution in [0.4, 0.5) is 17.1 Å². The van der Waals surface area contributed by atoms with E-state index in [1.807, 2.05) is 0 Å². The molecule has 13 rings (SSSR count). The molecule has 2 heterocycles.